The van der Waals surface area contributed by atoms with Crippen molar-refractivity contribution in [2.45, 2.75) is 6.92 Å². The Bertz CT molecular complexity index is 943. The van der Waals surface area contributed by atoms with Gasteiger partial charge in [-0.15, -0.1) is 11.3 Å². The predicted molar refractivity (Wildman–Crippen MR) is 82.6 cm³/mol. The summed E-state index contributed by atoms with van der Waals surface area (Å²) < 4.78 is 1.22. The second-order valence-electron chi connectivity index (χ2n) is 4.67. The van der Waals surface area contributed by atoms with Gasteiger partial charge in [0.15, 0.2) is 0 Å². The number of rotatable bonds is 0. The Kier molecular flexibility index (Phi) is 2.18. The SMILES string of the molecule is [B]c1cc2nc3c(nc2cc1C)sc1ccccc13. The molecule has 2 nitrogen and oxygen atoms in total. The fraction of sp³-hybridized carbons (Fsp3) is 0.0667. The van der Waals surface area contributed by atoms with Crippen LogP contribution in [-0.2, 0) is 0 Å². The monoisotopic (exact) mass is 260 g/mol. The third-order valence-electron chi connectivity index (χ3n) is 3.37. The molecule has 4 rings (SSSR count). The molecule has 0 amide bonds. The first kappa shape index (κ1) is 10.9. The van der Waals surface area contributed by atoms with E-state index in [2.05, 4.69) is 12.1 Å². The van der Waals surface area contributed by atoms with E-state index < -0.39 is 0 Å². The normalized spacial score (nSPS) is 11.6. The van der Waals surface area contributed by atoms with Gasteiger partial charge in [-0.05, 0) is 25.1 Å². The van der Waals surface area contributed by atoms with Gasteiger partial charge in [0, 0.05) is 10.1 Å². The van der Waals surface area contributed by atoms with E-state index in [0.717, 1.165) is 37.8 Å². The summed E-state index contributed by atoms with van der Waals surface area (Å²) in [5, 5.41) is 1.16. The van der Waals surface area contributed by atoms with Gasteiger partial charge < -0.3 is 0 Å². The smallest absolute Gasteiger partial charge is 0.143 e. The summed E-state index contributed by atoms with van der Waals surface area (Å²) in [4.78, 5) is 10.4. The highest BCUT2D eigenvalue weighted by Crippen LogP contribution is 2.32. The van der Waals surface area contributed by atoms with Crippen LogP contribution in [0, 0.1) is 6.92 Å². The van der Waals surface area contributed by atoms with Crippen LogP contribution in [0.5, 0.6) is 0 Å². The zero-order valence-corrected chi connectivity index (χ0v) is 11.2. The zero-order chi connectivity index (χ0) is 13.0. The second kappa shape index (κ2) is 3.78. The topological polar surface area (TPSA) is 25.8 Å². The second-order valence-corrected chi connectivity index (χ2v) is 5.70. The van der Waals surface area contributed by atoms with Crippen molar-refractivity contribution in [2.24, 2.45) is 0 Å². The Hall–Kier alpha value is -1.94. The van der Waals surface area contributed by atoms with E-state index in [9.17, 15) is 0 Å². The van der Waals surface area contributed by atoms with Gasteiger partial charge in [0.2, 0.25) is 0 Å². The summed E-state index contributed by atoms with van der Waals surface area (Å²) in [7, 11) is 5.95. The third-order valence-corrected chi connectivity index (χ3v) is 4.42. The molecule has 2 heterocycles. The standard InChI is InChI=1S/C15H9BN2S/c1-8-6-11-12(7-10(8)16)17-14-9-4-2-3-5-13(9)19-15(14)18-11/h2-7H,1H3. The minimum Gasteiger partial charge on any atom is -0.243 e. The highest BCUT2D eigenvalue weighted by atomic mass is 32.1. The number of benzene rings is 2. The van der Waals surface area contributed by atoms with Crippen molar-refractivity contribution in [3.05, 3.63) is 42.0 Å². The van der Waals surface area contributed by atoms with Crippen LogP contribution in [0.1, 0.15) is 5.56 Å². The number of nitrogens with zero attached hydrogens (tertiary/aromatic N) is 2. The molecule has 0 unspecified atom stereocenters. The molecule has 4 aromatic rings. The summed E-state index contributed by atoms with van der Waals surface area (Å²) in [6.07, 6.45) is 0. The molecule has 0 aliphatic heterocycles. The van der Waals surface area contributed by atoms with Gasteiger partial charge in [0.25, 0.3) is 0 Å². The quantitative estimate of drug-likeness (QED) is 0.454. The molecule has 0 spiro atoms. The van der Waals surface area contributed by atoms with Crippen molar-refractivity contribution in [2.75, 3.05) is 0 Å². The lowest BCUT2D eigenvalue weighted by molar-refractivity contribution is 1.41. The van der Waals surface area contributed by atoms with Gasteiger partial charge in [0.1, 0.15) is 18.2 Å². The first-order chi connectivity index (χ1) is 9.22. The molecule has 2 aromatic heterocycles. The van der Waals surface area contributed by atoms with Crippen LogP contribution >= 0.6 is 11.3 Å². The summed E-state index contributed by atoms with van der Waals surface area (Å²) in [6.45, 7) is 1.99. The van der Waals surface area contributed by atoms with E-state index in [4.69, 9.17) is 17.8 Å². The maximum atomic E-state index is 5.95. The van der Waals surface area contributed by atoms with Crippen LogP contribution in [0.4, 0.5) is 0 Å². The Balaban J connectivity index is 2.21. The van der Waals surface area contributed by atoms with Crippen molar-refractivity contribution < 1.29 is 0 Å². The highest BCUT2D eigenvalue weighted by molar-refractivity contribution is 7.25. The molecule has 0 N–H and O–H groups in total. The molecule has 88 valence electrons. The fourth-order valence-electron chi connectivity index (χ4n) is 2.31. The van der Waals surface area contributed by atoms with Gasteiger partial charge in [0.05, 0.1) is 11.0 Å². The minimum atomic E-state index is 0.765. The molecule has 0 aliphatic carbocycles. The summed E-state index contributed by atoms with van der Waals surface area (Å²) in [6, 6.07) is 12.2. The molecular weight excluding hydrogens is 251 g/mol. The molecule has 0 bridgehead atoms. The lowest BCUT2D eigenvalue weighted by atomic mass is 9.91. The lowest BCUT2D eigenvalue weighted by Gasteiger charge is -2.03. The summed E-state index contributed by atoms with van der Waals surface area (Å²) >= 11 is 1.68. The van der Waals surface area contributed by atoms with E-state index in [1.165, 1.54) is 4.70 Å². The van der Waals surface area contributed by atoms with Crippen LogP contribution in [0.15, 0.2) is 36.4 Å². The number of aromatic nitrogens is 2. The number of aryl methyl sites for hydroxylation is 1. The fourth-order valence-corrected chi connectivity index (χ4v) is 3.34. The number of hydrogen-bond donors (Lipinski definition) is 0. The molecular formula is C15H9BN2S. The van der Waals surface area contributed by atoms with Gasteiger partial charge >= 0.3 is 0 Å². The van der Waals surface area contributed by atoms with Crippen LogP contribution in [0.25, 0.3) is 31.5 Å². The first-order valence-corrected chi connectivity index (χ1v) is 6.89. The van der Waals surface area contributed by atoms with Crippen LogP contribution < -0.4 is 5.46 Å². The average molecular weight is 260 g/mol. The average Bonchev–Trinajstić information content (AvgIpc) is 2.75. The largest absolute Gasteiger partial charge is 0.243 e. The van der Waals surface area contributed by atoms with Crippen molar-refractivity contribution >= 4 is 56.1 Å². The number of hydrogen-bond acceptors (Lipinski definition) is 3. The van der Waals surface area contributed by atoms with E-state index in [-0.39, 0.29) is 0 Å². The molecule has 0 aliphatic rings. The van der Waals surface area contributed by atoms with E-state index in [1.807, 2.05) is 31.2 Å². The Labute approximate surface area is 115 Å². The molecule has 0 saturated carbocycles. The molecule has 4 heteroatoms. The van der Waals surface area contributed by atoms with E-state index in [1.54, 1.807) is 11.3 Å². The van der Waals surface area contributed by atoms with E-state index in [0.29, 0.717) is 0 Å². The number of thiophene rings is 1. The van der Waals surface area contributed by atoms with Crippen molar-refractivity contribution in [1.29, 1.82) is 0 Å². The Morgan fingerprint density at radius 3 is 2.74 bits per heavy atom. The molecule has 0 saturated heterocycles. The van der Waals surface area contributed by atoms with Gasteiger partial charge in [-0.2, -0.15) is 0 Å². The third kappa shape index (κ3) is 1.56. The van der Waals surface area contributed by atoms with Gasteiger partial charge in [-0.25, -0.2) is 9.97 Å². The van der Waals surface area contributed by atoms with E-state index >= 15 is 0 Å². The summed E-state index contributed by atoms with van der Waals surface area (Å²) in [5.74, 6) is 0. The maximum Gasteiger partial charge on any atom is 0.143 e. The Morgan fingerprint density at radius 2 is 1.84 bits per heavy atom. The van der Waals surface area contributed by atoms with Crippen LogP contribution in [-0.4, -0.2) is 17.8 Å². The minimum absolute atomic E-state index is 0.765. The molecule has 0 fully saturated rings. The van der Waals surface area contributed by atoms with Crippen LogP contribution in [0.2, 0.25) is 0 Å². The molecule has 2 radical (unpaired) electrons. The van der Waals surface area contributed by atoms with Crippen molar-refractivity contribution in [3.63, 3.8) is 0 Å². The molecule has 2 aromatic carbocycles. The van der Waals surface area contributed by atoms with Gasteiger partial charge in [-0.3, -0.25) is 0 Å². The summed E-state index contributed by atoms with van der Waals surface area (Å²) in [5.41, 5.74) is 4.55. The van der Waals surface area contributed by atoms with Crippen molar-refractivity contribution in [3.8, 4) is 0 Å². The lowest BCUT2D eigenvalue weighted by Crippen LogP contribution is -2.07. The predicted octanol–water partition coefficient (Wildman–Crippen LogP) is 3.10. The Morgan fingerprint density at radius 1 is 1.05 bits per heavy atom. The maximum absolute atomic E-state index is 5.95. The highest BCUT2D eigenvalue weighted by Gasteiger charge is 2.09. The van der Waals surface area contributed by atoms with Gasteiger partial charge in [-0.1, -0.05) is 29.2 Å². The first-order valence-electron chi connectivity index (χ1n) is 6.07. The zero-order valence-electron chi connectivity index (χ0n) is 10.3. The molecule has 19 heavy (non-hydrogen) atoms. The van der Waals surface area contributed by atoms with Crippen LogP contribution in [0.3, 0.4) is 0 Å². The number of fused-ring (bicyclic) bond motifs is 4. The molecule has 0 atom stereocenters. The van der Waals surface area contributed by atoms with Crippen molar-refractivity contribution in [1.82, 2.24) is 9.97 Å².